The van der Waals surface area contributed by atoms with Crippen molar-refractivity contribution >= 4 is 20.8 Å². The van der Waals surface area contributed by atoms with Crippen LogP contribution in [0.1, 0.15) is 30.5 Å². The quantitative estimate of drug-likeness (QED) is 0.553. The molecular formula is C24H25NO2S. The molecule has 3 nitrogen and oxygen atoms in total. The predicted octanol–water partition coefficient (Wildman–Crippen LogP) is 5.48. The van der Waals surface area contributed by atoms with Crippen molar-refractivity contribution in [3.05, 3.63) is 90.0 Å². The normalized spacial score (nSPS) is 20.5. The molecule has 0 spiro atoms. The number of nitrogens with zero attached hydrogens (tertiary/aromatic N) is 1. The van der Waals surface area contributed by atoms with E-state index < -0.39 is 10.0 Å². The lowest BCUT2D eigenvalue weighted by atomic mass is 9.94. The molecule has 0 aromatic heterocycles. The second-order valence-corrected chi connectivity index (χ2v) is 9.68. The maximum atomic E-state index is 13.5. The third-order valence-electron chi connectivity index (χ3n) is 5.74. The first-order valence-electron chi connectivity index (χ1n) is 9.59. The van der Waals surface area contributed by atoms with Gasteiger partial charge >= 0.3 is 0 Å². The molecule has 2 unspecified atom stereocenters. The Morgan fingerprint density at radius 1 is 1.00 bits per heavy atom. The van der Waals surface area contributed by atoms with Gasteiger partial charge in [-0.2, -0.15) is 4.31 Å². The summed E-state index contributed by atoms with van der Waals surface area (Å²) in [5.74, 6) is 0.164. The van der Waals surface area contributed by atoms with E-state index in [9.17, 15) is 8.42 Å². The number of aryl methyl sites for hydroxylation is 1. The van der Waals surface area contributed by atoms with Gasteiger partial charge in [0, 0.05) is 6.54 Å². The summed E-state index contributed by atoms with van der Waals surface area (Å²) >= 11 is 0. The first-order valence-corrected chi connectivity index (χ1v) is 11.0. The summed E-state index contributed by atoms with van der Waals surface area (Å²) < 4.78 is 28.6. The van der Waals surface area contributed by atoms with Crippen LogP contribution in [0.5, 0.6) is 0 Å². The molecule has 0 radical (unpaired) electrons. The van der Waals surface area contributed by atoms with E-state index in [1.54, 1.807) is 16.4 Å². The summed E-state index contributed by atoms with van der Waals surface area (Å²) in [5.41, 5.74) is 3.12. The highest BCUT2D eigenvalue weighted by molar-refractivity contribution is 7.89. The van der Waals surface area contributed by atoms with Gasteiger partial charge in [-0.15, -0.1) is 0 Å². The van der Waals surface area contributed by atoms with E-state index in [0.29, 0.717) is 11.4 Å². The first kappa shape index (κ1) is 18.9. The van der Waals surface area contributed by atoms with Gasteiger partial charge in [-0.1, -0.05) is 66.2 Å². The Morgan fingerprint density at radius 3 is 2.36 bits per heavy atom. The Kier molecular flexibility index (Phi) is 4.86. The van der Waals surface area contributed by atoms with E-state index in [2.05, 4.69) is 36.9 Å². The van der Waals surface area contributed by atoms with Crippen LogP contribution in [0.25, 0.3) is 10.8 Å². The van der Waals surface area contributed by atoms with Gasteiger partial charge in [-0.25, -0.2) is 8.42 Å². The number of fused-ring (bicyclic) bond motifs is 1. The molecule has 0 amide bonds. The van der Waals surface area contributed by atoms with Crippen LogP contribution in [-0.2, 0) is 10.0 Å². The molecule has 4 rings (SSSR count). The maximum absolute atomic E-state index is 13.5. The molecule has 1 aliphatic heterocycles. The molecule has 4 heteroatoms. The Balaban J connectivity index is 1.78. The van der Waals surface area contributed by atoms with Crippen molar-refractivity contribution < 1.29 is 8.42 Å². The zero-order valence-corrected chi connectivity index (χ0v) is 17.1. The zero-order valence-electron chi connectivity index (χ0n) is 16.3. The van der Waals surface area contributed by atoms with Crippen molar-refractivity contribution in [2.45, 2.75) is 31.2 Å². The number of sulfonamides is 1. The van der Waals surface area contributed by atoms with Crippen LogP contribution in [0.2, 0.25) is 0 Å². The van der Waals surface area contributed by atoms with Gasteiger partial charge in [0.25, 0.3) is 0 Å². The molecule has 3 aromatic rings. The molecule has 1 heterocycles. The van der Waals surface area contributed by atoms with Gasteiger partial charge < -0.3 is 0 Å². The fraction of sp³-hybridized carbons (Fsp3) is 0.250. The lowest BCUT2D eigenvalue weighted by molar-refractivity contribution is 0.395. The fourth-order valence-electron chi connectivity index (χ4n) is 3.99. The molecule has 1 fully saturated rings. The van der Waals surface area contributed by atoms with Gasteiger partial charge in [0.1, 0.15) is 0 Å². The topological polar surface area (TPSA) is 37.4 Å². The predicted molar refractivity (Wildman–Crippen MR) is 115 cm³/mol. The van der Waals surface area contributed by atoms with Gasteiger partial charge in [0.15, 0.2) is 0 Å². The third kappa shape index (κ3) is 3.38. The molecule has 2 atom stereocenters. The van der Waals surface area contributed by atoms with Crippen molar-refractivity contribution in [3.8, 4) is 0 Å². The van der Waals surface area contributed by atoms with Crippen LogP contribution in [0.15, 0.2) is 83.8 Å². The highest BCUT2D eigenvalue weighted by Gasteiger charge is 2.41. The van der Waals surface area contributed by atoms with Gasteiger partial charge in [-0.3, -0.25) is 0 Å². The van der Waals surface area contributed by atoms with E-state index >= 15 is 0 Å². The molecule has 0 saturated carbocycles. The Labute approximate surface area is 167 Å². The second kappa shape index (κ2) is 7.19. The molecule has 3 aromatic carbocycles. The molecule has 144 valence electrons. The number of benzene rings is 3. The molecule has 0 aliphatic carbocycles. The average Bonchev–Trinajstić information content (AvgIpc) is 3.15. The summed E-state index contributed by atoms with van der Waals surface area (Å²) in [7, 11) is -3.58. The zero-order chi connectivity index (χ0) is 19.9. The smallest absolute Gasteiger partial charge is 0.207 e. The van der Waals surface area contributed by atoms with Crippen molar-refractivity contribution in [3.63, 3.8) is 0 Å². The Morgan fingerprint density at radius 2 is 1.68 bits per heavy atom. The van der Waals surface area contributed by atoms with E-state index in [-0.39, 0.29) is 12.0 Å². The van der Waals surface area contributed by atoms with Crippen molar-refractivity contribution in [1.29, 1.82) is 0 Å². The minimum Gasteiger partial charge on any atom is -0.207 e. The lowest BCUT2D eigenvalue weighted by Crippen LogP contribution is -2.31. The van der Waals surface area contributed by atoms with Crippen LogP contribution in [-0.4, -0.2) is 19.3 Å². The first-order chi connectivity index (χ1) is 13.4. The standard InChI is InChI=1S/C24H25NO2S/c1-17(2)22-15-24(21-11-10-19-6-4-5-7-20(19)14-21)25(16-22)28(26,27)23-12-8-18(3)9-13-23/h4-14,22,24H,1,15-16H2,2-3H3. The van der Waals surface area contributed by atoms with Gasteiger partial charge in [-0.05, 0) is 60.7 Å². The van der Waals surface area contributed by atoms with Crippen LogP contribution in [0.3, 0.4) is 0 Å². The van der Waals surface area contributed by atoms with Crippen LogP contribution < -0.4 is 0 Å². The Bertz CT molecular complexity index is 1130. The summed E-state index contributed by atoms with van der Waals surface area (Å²) in [6.45, 7) is 8.52. The summed E-state index contributed by atoms with van der Waals surface area (Å²) in [6, 6.07) is 21.4. The summed E-state index contributed by atoms with van der Waals surface area (Å²) in [5, 5.41) is 2.29. The van der Waals surface area contributed by atoms with Crippen molar-refractivity contribution in [2.75, 3.05) is 6.54 Å². The van der Waals surface area contributed by atoms with Gasteiger partial charge in [0.2, 0.25) is 10.0 Å². The molecule has 0 N–H and O–H groups in total. The Hall–Kier alpha value is -2.43. The minimum atomic E-state index is -3.58. The SMILES string of the molecule is C=C(C)C1CC(c2ccc3ccccc3c2)N(S(=O)(=O)c2ccc(C)cc2)C1. The van der Waals surface area contributed by atoms with Crippen LogP contribution in [0.4, 0.5) is 0 Å². The van der Waals surface area contributed by atoms with E-state index in [1.165, 1.54) is 0 Å². The third-order valence-corrected chi connectivity index (χ3v) is 7.63. The summed E-state index contributed by atoms with van der Waals surface area (Å²) in [6.07, 6.45) is 0.763. The molecule has 1 saturated heterocycles. The number of hydrogen-bond donors (Lipinski definition) is 0. The largest absolute Gasteiger partial charge is 0.243 e. The molecule has 1 aliphatic rings. The fourth-order valence-corrected chi connectivity index (χ4v) is 5.66. The molecule has 28 heavy (non-hydrogen) atoms. The maximum Gasteiger partial charge on any atom is 0.243 e. The average molecular weight is 392 g/mol. The second-order valence-electron chi connectivity index (χ2n) is 7.79. The lowest BCUT2D eigenvalue weighted by Gasteiger charge is -2.25. The van der Waals surface area contributed by atoms with Crippen LogP contribution >= 0.6 is 0 Å². The van der Waals surface area contributed by atoms with E-state index in [4.69, 9.17) is 0 Å². The van der Waals surface area contributed by atoms with E-state index in [1.807, 2.05) is 38.1 Å². The number of hydrogen-bond acceptors (Lipinski definition) is 2. The van der Waals surface area contributed by atoms with Crippen molar-refractivity contribution in [1.82, 2.24) is 4.31 Å². The summed E-state index contributed by atoms with van der Waals surface area (Å²) in [4.78, 5) is 0.353. The highest BCUT2D eigenvalue weighted by Crippen LogP contribution is 2.42. The van der Waals surface area contributed by atoms with Crippen LogP contribution in [0, 0.1) is 12.8 Å². The molecule has 0 bridgehead atoms. The van der Waals surface area contributed by atoms with Gasteiger partial charge in [0.05, 0.1) is 10.9 Å². The number of rotatable bonds is 4. The molecular weight excluding hydrogens is 366 g/mol. The monoisotopic (exact) mass is 391 g/mol. The minimum absolute atomic E-state index is 0.164. The highest BCUT2D eigenvalue weighted by atomic mass is 32.2. The van der Waals surface area contributed by atoms with E-state index in [0.717, 1.165) is 33.9 Å². The van der Waals surface area contributed by atoms with Crippen molar-refractivity contribution in [2.24, 2.45) is 5.92 Å².